The molecule has 19 heavy (non-hydrogen) atoms. The number of amides is 1. The van der Waals surface area contributed by atoms with Crippen molar-refractivity contribution in [1.29, 1.82) is 0 Å². The Kier molecular flexibility index (Phi) is 5.91. The highest BCUT2D eigenvalue weighted by atomic mass is 32.2. The number of benzene rings is 1. The molecule has 0 unspecified atom stereocenters. The number of rotatable bonds is 7. The van der Waals surface area contributed by atoms with Crippen molar-refractivity contribution in [2.24, 2.45) is 0 Å². The van der Waals surface area contributed by atoms with Gasteiger partial charge in [-0.25, -0.2) is 12.8 Å². The standard InChI is InChI=1S/C12H16FNO4S/c1-18-7-3-6-14-12(15)9-19(16,17)11-5-2-4-10(13)8-11/h2,4-5,8H,3,6-7,9H2,1H3,(H,14,15). The fraction of sp³-hybridized carbons (Fsp3) is 0.417. The van der Waals surface area contributed by atoms with E-state index in [1.807, 2.05) is 0 Å². The number of ether oxygens (including phenoxy) is 1. The fourth-order valence-electron chi connectivity index (χ4n) is 1.41. The summed E-state index contributed by atoms with van der Waals surface area (Å²) in [7, 11) is -2.27. The summed E-state index contributed by atoms with van der Waals surface area (Å²) in [6, 6.07) is 4.59. The summed E-state index contributed by atoms with van der Waals surface area (Å²) >= 11 is 0. The van der Waals surface area contributed by atoms with Crippen molar-refractivity contribution in [2.45, 2.75) is 11.3 Å². The predicted molar refractivity (Wildman–Crippen MR) is 68.0 cm³/mol. The third-order valence-corrected chi connectivity index (χ3v) is 3.94. The molecule has 7 heteroatoms. The molecule has 0 saturated heterocycles. The van der Waals surface area contributed by atoms with Gasteiger partial charge < -0.3 is 10.1 Å². The van der Waals surface area contributed by atoms with Gasteiger partial charge in [-0.3, -0.25) is 4.79 Å². The molecule has 0 aliphatic rings. The van der Waals surface area contributed by atoms with Crippen molar-refractivity contribution >= 4 is 15.7 Å². The monoisotopic (exact) mass is 289 g/mol. The van der Waals surface area contributed by atoms with Gasteiger partial charge in [0.25, 0.3) is 0 Å². The molecule has 0 heterocycles. The van der Waals surface area contributed by atoms with Gasteiger partial charge in [-0.15, -0.1) is 0 Å². The quantitative estimate of drug-likeness (QED) is 0.752. The molecule has 1 aromatic carbocycles. The zero-order valence-corrected chi connectivity index (χ0v) is 11.4. The Balaban J connectivity index is 2.57. The molecule has 5 nitrogen and oxygen atoms in total. The summed E-state index contributed by atoms with van der Waals surface area (Å²) < 4.78 is 41.4. The molecule has 0 radical (unpaired) electrons. The molecular weight excluding hydrogens is 273 g/mol. The van der Waals surface area contributed by atoms with E-state index in [1.54, 1.807) is 0 Å². The van der Waals surface area contributed by atoms with E-state index in [0.717, 1.165) is 12.1 Å². The van der Waals surface area contributed by atoms with Crippen LogP contribution in [0.4, 0.5) is 4.39 Å². The van der Waals surface area contributed by atoms with Crippen molar-refractivity contribution in [1.82, 2.24) is 5.32 Å². The molecule has 1 N–H and O–H groups in total. The Morgan fingerprint density at radius 2 is 2.16 bits per heavy atom. The molecule has 1 rings (SSSR count). The number of nitrogens with one attached hydrogen (secondary N) is 1. The fourth-order valence-corrected chi connectivity index (χ4v) is 2.60. The van der Waals surface area contributed by atoms with Crippen molar-refractivity contribution in [3.05, 3.63) is 30.1 Å². The van der Waals surface area contributed by atoms with Gasteiger partial charge >= 0.3 is 0 Å². The van der Waals surface area contributed by atoms with Gasteiger partial charge in [0, 0.05) is 20.3 Å². The highest BCUT2D eigenvalue weighted by molar-refractivity contribution is 7.92. The SMILES string of the molecule is COCCCNC(=O)CS(=O)(=O)c1cccc(F)c1. The van der Waals surface area contributed by atoms with Gasteiger partial charge in [-0.2, -0.15) is 0 Å². The van der Waals surface area contributed by atoms with E-state index in [1.165, 1.54) is 19.2 Å². The average Bonchev–Trinajstić information content (AvgIpc) is 2.34. The minimum absolute atomic E-state index is 0.195. The van der Waals surface area contributed by atoms with E-state index in [9.17, 15) is 17.6 Å². The van der Waals surface area contributed by atoms with Crippen molar-refractivity contribution in [3.8, 4) is 0 Å². The largest absolute Gasteiger partial charge is 0.385 e. The number of hydrogen-bond donors (Lipinski definition) is 1. The highest BCUT2D eigenvalue weighted by Crippen LogP contribution is 2.12. The summed E-state index contributed by atoms with van der Waals surface area (Å²) in [5, 5.41) is 2.47. The summed E-state index contributed by atoms with van der Waals surface area (Å²) in [6.45, 7) is 0.822. The maximum atomic E-state index is 12.9. The Bertz CT molecular complexity index is 530. The van der Waals surface area contributed by atoms with Crippen molar-refractivity contribution in [3.63, 3.8) is 0 Å². The van der Waals surface area contributed by atoms with Crippen LogP contribution >= 0.6 is 0 Å². The van der Waals surface area contributed by atoms with Gasteiger partial charge in [0.05, 0.1) is 4.90 Å². The zero-order valence-electron chi connectivity index (χ0n) is 10.6. The second-order valence-electron chi connectivity index (χ2n) is 3.91. The van der Waals surface area contributed by atoms with Crippen LogP contribution in [0, 0.1) is 5.82 Å². The van der Waals surface area contributed by atoms with Gasteiger partial charge in [0.1, 0.15) is 11.6 Å². The first-order chi connectivity index (χ1) is 8.95. The van der Waals surface area contributed by atoms with E-state index < -0.39 is 27.3 Å². The lowest BCUT2D eigenvalue weighted by atomic mass is 10.4. The summed E-state index contributed by atoms with van der Waals surface area (Å²) in [6.07, 6.45) is 0.599. The van der Waals surface area contributed by atoms with Gasteiger partial charge in [0.15, 0.2) is 9.84 Å². The van der Waals surface area contributed by atoms with Crippen LogP contribution in [0.2, 0.25) is 0 Å². The molecule has 1 amide bonds. The van der Waals surface area contributed by atoms with Crippen LogP contribution in [0.3, 0.4) is 0 Å². The number of carbonyl (C=O) groups excluding carboxylic acids is 1. The molecular formula is C12H16FNO4S. The van der Waals surface area contributed by atoms with Crippen molar-refractivity contribution in [2.75, 3.05) is 26.0 Å². The minimum atomic E-state index is -3.81. The van der Waals surface area contributed by atoms with Crippen LogP contribution in [0.5, 0.6) is 0 Å². The first-order valence-electron chi connectivity index (χ1n) is 5.69. The number of sulfone groups is 1. The van der Waals surface area contributed by atoms with Crippen LogP contribution in [0.1, 0.15) is 6.42 Å². The molecule has 0 bridgehead atoms. The number of halogens is 1. The first-order valence-corrected chi connectivity index (χ1v) is 7.35. The van der Waals surface area contributed by atoms with Crippen LogP contribution in [0.15, 0.2) is 29.2 Å². The van der Waals surface area contributed by atoms with Crippen LogP contribution < -0.4 is 5.32 Å². The molecule has 0 aliphatic heterocycles. The molecule has 0 aliphatic carbocycles. The Morgan fingerprint density at radius 3 is 2.79 bits per heavy atom. The lowest BCUT2D eigenvalue weighted by Crippen LogP contribution is -2.31. The summed E-state index contributed by atoms with van der Waals surface area (Å²) in [5.74, 6) is -1.95. The topological polar surface area (TPSA) is 72.5 Å². The Hall–Kier alpha value is -1.47. The van der Waals surface area contributed by atoms with Gasteiger partial charge in [-0.1, -0.05) is 6.07 Å². The molecule has 0 atom stereocenters. The van der Waals surface area contributed by atoms with E-state index in [4.69, 9.17) is 4.74 Å². The minimum Gasteiger partial charge on any atom is -0.385 e. The Labute approximate surface area is 111 Å². The molecule has 0 saturated carbocycles. The number of methoxy groups -OCH3 is 1. The lowest BCUT2D eigenvalue weighted by Gasteiger charge is -2.06. The van der Waals surface area contributed by atoms with E-state index in [0.29, 0.717) is 19.6 Å². The first kappa shape index (κ1) is 15.6. The van der Waals surface area contributed by atoms with Crippen molar-refractivity contribution < 1.29 is 22.3 Å². The van der Waals surface area contributed by atoms with Crippen LogP contribution in [0.25, 0.3) is 0 Å². The normalized spacial score (nSPS) is 11.3. The second-order valence-corrected chi connectivity index (χ2v) is 5.90. The van der Waals surface area contributed by atoms with E-state index >= 15 is 0 Å². The van der Waals surface area contributed by atoms with Crippen LogP contribution in [-0.2, 0) is 19.4 Å². The highest BCUT2D eigenvalue weighted by Gasteiger charge is 2.19. The lowest BCUT2D eigenvalue weighted by molar-refractivity contribution is -0.118. The molecule has 0 fully saturated rings. The summed E-state index contributed by atoms with van der Waals surface area (Å²) in [4.78, 5) is 11.3. The number of carbonyl (C=O) groups is 1. The third kappa shape index (κ3) is 5.35. The maximum Gasteiger partial charge on any atom is 0.235 e. The maximum absolute atomic E-state index is 12.9. The second kappa shape index (κ2) is 7.20. The van der Waals surface area contributed by atoms with E-state index in [2.05, 4.69) is 5.32 Å². The number of hydrogen-bond acceptors (Lipinski definition) is 4. The van der Waals surface area contributed by atoms with Gasteiger partial charge in [-0.05, 0) is 24.6 Å². The molecule has 106 valence electrons. The zero-order chi connectivity index (χ0) is 14.3. The molecule has 0 spiro atoms. The molecule has 1 aromatic rings. The van der Waals surface area contributed by atoms with Gasteiger partial charge in [0.2, 0.25) is 5.91 Å². The Morgan fingerprint density at radius 1 is 1.42 bits per heavy atom. The molecule has 0 aromatic heterocycles. The predicted octanol–water partition coefficient (Wildman–Crippen LogP) is 0.752. The van der Waals surface area contributed by atoms with E-state index in [-0.39, 0.29) is 4.90 Å². The average molecular weight is 289 g/mol. The summed E-state index contributed by atoms with van der Waals surface area (Å²) in [5.41, 5.74) is 0. The third-order valence-electron chi connectivity index (χ3n) is 2.32. The van der Waals surface area contributed by atoms with Crippen LogP contribution in [-0.4, -0.2) is 40.3 Å². The smallest absolute Gasteiger partial charge is 0.235 e.